The normalized spacial score (nSPS) is 22.8. The predicted molar refractivity (Wildman–Crippen MR) is 40.6 cm³/mol. The zero-order valence-electron chi connectivity index (χ0n) is 7.04. The van der Waals surface area contributed by atoms with E-state index in [9.17, 15) is 9.59 Å². The van der Waals surface area contributed by atoms with Crippen LogP contribution in [-0.2, 0) is 19.1 Å². The summed E-state index contributed by atoms with van der Waals surface area (Å²) >= 11 is 0. The van der Waals surface area contributed by atoms with Crippen molar-refractivity contribution in [3.05, 3.63) is 0 Å². The van der Waals surface area contributed by atoms with Crippen molar-refractivity contribution < 1.29 is 19.1 Å². The lowest BCUT2D eigenvalue weighted by molar-refractivity contribution is -0.141. The van der Waals surface area contributed by atoms with Crippen molar-refractivity contribution in [1.29, 1.82) is 0 Å². The first-order valence-electron chi connectivity index (χ1n) is 3.95. The number of esters is 1. The van der Waals surface area contributed by atoms with E-state index in [0.717, 1.165) is 0 Å². The van der Waals surface area contributed by atoms with Gasteiger partial charge in [0.1, 0.15) is 6.10 Å². The van der Waals surface area contributed by atoms with Crippen LogP contribution in [-0.4, -0.2) is 31.6 Å². The first kappa shape index (κ1) is 9.19. The first-order chi connectivity index (χ1) is 5.74. The number of hydrogen-bond donors (Lipinski definition) is 0. The van der Waals surface area contributed by atoms with E-state index in [-0.39, 0.29) is 24.3 Å². The van der Waals surface area contributed by atoms with Crippen LogP contribution in [0.2, 0.25) is 0 Å². The van der Waals surface area contributed by atoms with E-state index in [1.165, 1.54) is 7.11 Å². The SMILES string of the molecule is COC(=O)CCC1OCCC1=O. The molecule has 0 aromatic heterocycles. The Kier molecular flexibility index (Phi) is 3.22. The minimum absolute atomic E-state index is 0.0962. The minimum atomic E-state index is -0.371. The van der Waals surface area contributed by atoms with Gasteiger partial charge < -0.3 is 9.47 Å². The van der Waals surface area contributed by atoms with Crippen LogP contribution < -0.4 is 0 Å². The Bertz CT molecular complexity index is 187. The molecule has 0 radical (unpaired) electrons. The van der Waals surface area contributed by atoms with Gasteiger partial charge in [-0.1, -0.05) is 0 Å². The fourth-order valence-electron chi connectivity index (χ4n) is 1.15. The van der Waals surface area contributed by atoms with Crippen molar-refractivity contribution in [1.82, 2.24) is 0 Å². The summed E-state index contributed by atoms with van der Waals surface area (Å²) in [7, 11) is 1.33. The molecule has 68 valence electrons. The number of rotatable bonds is 3. The van der Waals surface area contributed by atoms with Crippen LogP contribution in [0.15, 0.2) is 0 Å². The number of ketones is 1. The molecule has 0 saturated carbocycles. The maximum absolute atomic E-state index is 11.0. The fraction of sp³-hybridized carbons (Fsp3) is 0.750. The van der Waals surface area contributed by atoms with Crippen LogP contribution in [0.5, 0.6) is 0 Å². The molecule has 0 aromatic carbocycles. The number of methoxy groups -OCH3 is 1. The molecule has 12 heavy (non-hydrogen) atoms. The molecule has 4 heteroatoms. The van der Waals surface area contributed by atoms with Crippen LogP contribution in [0.3, 0.4) is 0 Å². The monoisotopic (exact) mass is 172 g/mol. The van der Waals surface area contributed by atoms with E-state index in [1.807, 2.05) is 0 Å². The van der Waals surface area contributed by atoms with Gasteiger partial charge in [-0.2, -0.15) is 0 Å². The standard InChI is InChI=1S/C8H12O4/c1-11-8(10)3-2-7-6(9)4-5-12-7/h7H,2-5H2,1H3. The van der Waals surface area contributed by atoms with Crippen LogP contribution >= 0.6 is 0 Å². The summed E-state index contributed by atoms with van der Waals surface area (Å²) < 4.78 is 9.54. The third-order valence-corrected chi connectivity index (χ3v) is 1.86. The maximum Gasteiger partial charge on any atom is 0.305 e. The Hall–Kier alpha value is -0.900. The second kappa shape index (κ2) is 4.21. The Balaban J connectivity index is 2.22. The van der Waals surface area contributed by atoms with Crippen molar-refractivity contribution in [2.45, 2.75) is 25.4 Å². The van der Waals surface area contributed by atoms with E-state index in [0.29, 0.717) is 19.4 Å². The Morgan fingerprint density at radius 2 is 2.50 bits per heavy atom. The van der Waals surface area contributed by atoms with Crippen LogP contribution in [0, 0.1) is 0 Å². The number of carbonyl (C=O) groups excluding carboxylic acids is 2. The van der Waals surface area contributed by atoms with Crippen molar-refractivity contribution in [2.75, 3.05) is 13.7 Å². The molecule has 0 aliphatic carbocycles. The largest absolute Gasteiger partial charge is 0.469 e. The van der Waals surface area contributed by atoms with Crippen molar-refractivity contribution >= 4 is 11.8 Å². The Morgan fingerprint density at radius 3 is 3.00 bits per heavy atom. The van der Waals surface area contributed by atoms with Crippen LogP contribution in [0.25, 0.3) is 0 Å². The smallest absolute Gasteiger partial charge is 0.305 e. The van der Waals surface area contributed by atoms with E-state index in [2.05, 4.69) is 4.74 Å². The van der Waals surface area contributed by atoms with Gasteiger partial charge in [0.05, 0.1) is 13.7 Å². The molecule has 0 bridgehead atoms. The summed E-state index contributed by atoms with van der Waals surface area (Å²) in [6.45, 7) is 0.491. The Labute approximate surface area is 70.8 Å². The molecule has 0 aromatic rings. The first-order valence-corrected chi connectivity index (χ1v) is 3.95. The topological polar surface area (TPSA) is 52.6 Å². The van der Waals surface area contributed by atoms with Gasteiger partial charge in [-0.3, -0.25) is 9.59 Å². The van der Waals surface area contributed by atoms with Gasteiger partial charge in [-0.15, -0.1) is 0 Å². The summed E-state index contributed by atoms with van der Waals surface area (Å²) in [5, 5.41) is 0. The maximum atomic E-state index is 11.0. The molecule has 1 aliphatic rings. The lowest BCUT2D eigenvalue weighted by atomic mass is 10.1. The van der Waals surface area contributed by atoms with E-state index >= 15 is 0 Å². The number of Topliss-reactive ketones (excluding diaryl/α,β-unsaturated/α-hetero) is 1. The third-order valence-electron chi connectivity index (χ3n) is 1.86. The molecule has 1 unspecified atom stereocenters. The summed E-state index contributed by atoms with van der Waals surface area (Å²) in [5.74, 6) is -0.197. The summed E-state index contributed by atoms with van der Waals surface area (Å²) in [6, 6.07) is 0. The molecular weight excluding hydrogens is 160 g/mol. The molecule has 1 aliphatic heterocycles. The molecule has 0 N–H and O–H groups in total. The van der Waals surface area contributed by atoms with Gasteiger partial charge in [0.2, 0.25) is 0 Å². The van der Waals surface area contributed by atoms with Gasteiger partial charge in [0.25, 0.3) is 0 Å². The molecule has 1 rings (SSSR count). The molecule has 1 fully saturated rings. The lowest BCUT2D eigenvalue weighted by Crippen LogP contribution is -2.17. The van der Waals surface area contributed by atoms with Gasteiger partial charge in [0.15, 0.2) is 5.78 Å². The van der Waals surface area contributed by atoms with Crippen molar-refractivity contribution in [3.63, 3.8) is 0 Å². The van der Waals surface area contributed by atoms with Crippen LogP contribution in [0.1, 0.15) is 19.3 Å². The molecule has 0 spiro atoms. The van der Waals surface area contributed by atoms with E-state index in [4.69, 9.17) is 4.74 Å². The van der Waals surface area contributed by atoms with Gasteiger partial charge in [-0.05, 0) is 6.42 Å². The van der Waals surface area contributed by atoms with Crippen molar-refractivity contribution in [3.8, 4) is 0 Å². The molecular formula is C8H12O4. The van der Waals surface area contributed by atoms with E-state index < -0.39 is 0 Å². The fourth-order valence-corrected chi connectivity index (χ4v) is 1.15. The predicted octanol–water partition coefficient (Wildman–Crippen LogP) is 0.298. The molecule has 1 heterocycles. The second-order valence-corrected chi connectivity index (χ2v) is 2.69. The third kappa shape index (κ3) is 2.30. The summed E-state index contributed by atoms with van der Waals surface area (Å²) in [5.41, 5.74) is 0. The molecule has 0 amide bonds. The molecule has 4 nitrogen and oxygen atoms in total. The molecule has 1 saturated heterocycles. The zero-order chi connectivity index (χ0) is 8.97. The highest BCUT2D eigenvalue weighted by atomic mass is 16.5. The van der Waals surface area contributed by atoms with Crippen LogP contribution in [0.4, 0.5) is 0 Å². The quantitative estimate of drug-likeness (QED) is 0.574. The number of carbonyl (C=O) groups is 2. The van der Waals surface area contributed by atoms with E-state index in [1.54, 1.807) is 0 Å². The zero-order valence-corrected chi connectivity index (χ0v) is 7.04. The van der Waals surface area contributed by atoms with Crippen molar-refractivity contribution in [2.24, 2.45) is 0 Å². The van der Waals surface area contributed by atoms with Gasteiger partial charge in [-0.25, -0.2) is 0 Å². The highest BCUT2D eigenvalue weighted by molar-refractivity contribution is 5.85. The Morgan fingerprint density at radius 1 is 1.75 bits per heavy atom. The highest BCUT2D eigenvalue weighted by Crippen LogP contribution is 2.13. The molecule has 1 atom stereocenters. The number of ether oxygens (including phenoxy) is 2. The summed E-state index contributed by atoms with van der Waals surface area (Å²) in [6.07, 6.45) is 0.814. The lowest BCUT2D eigenvalue weighted by Gasteiger charge is -2.05. The van der Waals surface area contributed by atoms with Gasteiger partial charge in [0, 0.05) is 12.8 Å². The number of hydrogen-bond acceptors (Lipinski definition) is 4. The van der Waals surface area contributed by atoms with Gasteiger partial charge >= 0.3 is 5.97 Å². The average molecular weight is 172 g/mol. The highest BCUT2D eigenvalue weighted by Gasteiger charge is 2.25. The summed E-state index contributed by atoms with van der Waals surface area (Å²) in [4.78, 5) is 21.7. The average Bonchev–Trinajstić information content (AvgIpc) is 2.47. The minimum Gasteiger partial charge on any atom is -0.469 e. The second-order valence-electron chi connectivity index (χ2n) is 2.69.